The molecule has 3 N–H and O–H groups in total. The maximum atomic E-state index is 12.5. The monoisotopic (exact) mass is 864 g/mol. The van der Waals surface area contributed by atoms with Crippen molar-refractivity contribution in [2.24, 2.45) is 0 Å². The second-order valence-corrected chi connectivity index (χ2v) is 19.3. The molecule has 0 aromatic heterocycles. The Morgan fingerprint density at radius 3 is 1.00 bits per heavy atom. The van der Waals surface area contributed by atoms with Gasteiger partial charge in [0, 0.05) is 12.8 Å². The number of aliphatic hydroxyl groups excluding tert-OH is 2. The molecule has 0 aromatic carbocycles. The first-order chi connectivity index (χ1) is 30.0. The van der Waals surface area contributed by atoms with E-state index in [1.54, 1.807) is 0 Å². The number of hydrogen-bond acceptors (Lipinski definition) is 5. The summed E-state index contributed by atoms with van der Waals surface area (Å²) in [6.45, 7) is 4.94. The SMILES string of the molecule is CCCCCCCCCCCCCCCCCCCC(O)C(CO)NC(=O)CCCCCCCCCCCCCOC(=O)CCCCCCCCCCCCCCCCCC. The summed E-state index contributed by atoms with van der Waals surface area (Å²) in [5, 5.41) is 23.3. The lowest BCUT2D eigenvalue weighted by molar-refractivity contribution is -0.143. The molecule has 0 rings (SSSR count). The van der Waals surface area contributed by atoms with Crippen LogP contribution in [0, 0.1) is 0 Å². The molecule has 6 nitrogen and oxygen atoms in total. The number of rotatable bonds is 52. The van der Waals surface area contributed by atoms with Gasteiger partial charge in [-0.15, -0.1) is 0 Å². The summed E-state index contributed by atoms with van der Waals surface area (Å²) in [7, 11) is 0. The first-order valence-electron chi connectivity index (χ1n) is 27.8. The number of aliphatic hydroxyl groups is 2. The van der Waals surface area contributed by atoms with Crippen LogP contribution in [0.1, 0.15) is 316 Å². The van der Waals surface area contributed by atoms with Crippen molar-refractivity contribution in [3.05, 3.63) is 0 Å². The van der Waals surface area contributed by atoms with Gasteiger partial charge in [-0.2, -0.15) is 0 Å². The Kier molecular flexibility index (Phi) is 50.5. The van der Waals surface area contributed by atoms with Crippen molar-refractivity contribution in [3.63, 3.8) is 0 Å². The fourth-order valence-electron chi connectivity index (χ4n) is 8.88. The third-order valence-corrected chi connectivity index (χ3v) is 13.2. The molecule has 0 radical (unpaired) electrons. The topological polar surface area (TPSA) is 95.9 Å². The summed E-state index contributed by atoms with van der Waals surface area (Å²) in [5.41, 5.74) is 0. The summed E-state index contributed by atoms with van der Waals surface area (Å²) < 4.78 is 5.47. The number of esters is 1. The van der Waals surface area contributed by atoms with Gasteiger partial charge in [-0.3, -0.25) is 9.59 Å². The van der Waals surface area contributed by atoms with Crippen molar-refractivity contribution in [2.75, 3.05) is 13.2 Å². The van der Waals surface area contributed by atoms with Crippen LogP contribution in [0.2, 0.25) is 0 Å². The molecule has 0 saturated carbocycles. The van der Waals surface area contributed by atoms with E-state index in [2.05, 4.69) is 19.2 Å². The molecule has 0 fully saturated rings. The van der Waals surface area contributed by atoms with Gasteiger partial charge in [-0.1, -0.05) is 277 Å². The largest absolute Gasteiger partial charge is 0.466 e. The van der Waals surface area contributed by atoms with Crippen LogP contribution in [0.15, 0.2) is 0 Å². The van der Waals surface area contributed by atoms with Crippen LogP contribution in [0.5, 0.6) is 0 Å². The fraction of sp³-hybridized carbons (Fsp3) is 0.964. The first-order valence-corrected chi connectivity index (χ1v) is 27.8. The van der Waals surface area contributed by atoms with Gasteiger partial charge in [0.2, 0.25) is 5.91 Å². The second-order valence-electron chi connectivity index (χ2n) is 19.3. The van der Waals surface area contributed by atoms with E-state index in [1.165, 1.54) is 225 Å². The van der Waals surface area contributed by atoms with E-state index in [9.17, 15) is 19.8 Å². The van der Waals surface area contributed by atoms with Gasteiger partial charge in [0.05, 0.1) is 25.4 Å². The van der Waals surface area contributed by atoms with E-state index in [4.69, 9.17) is 4.74 Å². The Morgan fingerprint density at radius 2 is 0.672 bits per heavy atom. The summed E-state index contributed by atoms with van der Waals surface area (Å²) in [6.07, 6.45) is 57.9. The smallest absolute Gasteiger partial charge is 0.305 e. The number of amides is 1. The lowest BCUT2D eigenvalue weighted by Gasteiger charge is -2.22. The van der Waals surface area contributed by atoms with Crippen molar-refractivity contribution in [3.8, 4) is 0 Å². The fourth-order valence-corrected chi connectivity index (χ4v) is 8.88. The van der Waals surface area contributed by atoms with E-state index < -0.39 is 12.1 Å². The number of unbranched alkanes of at least 4 members (excludes halogenated alkanes) is 41. The standard InChI is InChI=1S/C55H109NO5/c1-3-5-7-9-11-13-15-17-19-21-22-24-27-31-35-39-43-47-53(58)52(51-57)56-54(59)48-44-40-36-32-28-26-30-34-38-42-46-50-61-55(60)49-45-41-37-33-29-25-23-20-18-16-14-12-10-8-6-4-2/h52-53,57-58H,3-51H2,1-2H3,(H,56,59). The molecule has 0 aliphatic rings. The zero-order chi connectivity index (χ0) is 44.4. The van der Waals surface area contributed by atoms with Crippen molar-refractivity contribution >= 4 is 11.9 Å². The van der Waals surface area contributed by atoms with Gasteiger partial charge in [0.1, 0.15) is 0 Å². The van der Waals surface area contributed by atoms with Gasteiger partial charge < -0.3 is 20.3 Å². The molecule has 0 bridgehead atoms. The van der Waals surface area contributed by atoms with Crippen molar-refractivity contribution < 1.29 is 24.5 Å². The summed E-state index contributed by atoms with van der Waals surface area (Å²) in [6, 6.07) is -0.554. The van der Waals surface area contributed by atoms with E-state index in [0.717, 1.165) is 57.8 Å². The summed E-state index contributed by atoms with van der Waals surface area (Å²) in [5.74, 6) is -0.0594. The Bertz CT molecular complexity index is 867. The molecule has 1 amide bonds. The quantitative estimate of drug-likeness (QED) is 0.0418. The molecule has 0 spiro atoms. The molecular weight excluding hydrogens is 755 g/mol. The maximum absolute atomic E-state index is 12.5. The predicted molar refractivity (Wildman–Crippen MR) is 264 cm³/mol. The Morgan fingerprint density at radius 1 is 0.393 bits per heavy atom. The van der Waals surface area contributed by atoms with E-state index in [-0.39, 0.29) is 18.5 Å². The highest BCUT2D eigenvalue weighted by atomic mass is 16.5. The van der Waals surface area contributed by atoms with Gasteiger partial charge in [-0.25, -0.2) is 0 Å². The number of ether oxygens (including phenoxy) is 1. The highest BCUT2D eigenvalue weighted by molar-refractivity contribution is 5.76. The highest BCUT2D eigenvalue weighted by Gasteiger charge is 2.20. The number of carbonyl (C=O) groups is 2. The highest BCUT2D eigenvalue weighted by Crippen LogP contribution is 2.18. The van der Waals surface area contributed by atoms with Crippen molar-refractivity contribution in [1.82, 2.24) is 5.32 Å². The molecule has 6 heteroatoms. The Hall–Kier alpha value is -1.14. The van der Waals surface area contributed by atoms with Crippen LogP contribution in [0.4, 0.5) is 0 Å². The van der Waals surface area contributed by atoms with E-state index in [1.807, 2.05) is 0 Å². The molecule has 0 aliphatic carbocycles. The van der Waals surface area contributed by atoms with Crippen molar-refractivity contribution in [2.45, 2.75) is 328 Å². The second kappa shape index (κ2) is 51.5. The van der Waals surface area contributed by atoms with Crippen LogP contribution in [-0.2, 0) is 14.3 Å². The normalized spacial score (nSPS) is 12.5. The summed E-state index contributed by atoms with van der Waals surface area (Å²) >= 11 is 0. The molecule has 0 aliphatic heterocycles. The molecule has 0 saturated heterocycles. The predicted octanol–water partition coefficient (Wildman–Crippen LogP) is 16.7. The Labute approximate surface area is 381 Å². The summed E-state index contributed by atoms with van der Waals surface area (Å²) in [4.78, 5) is 24.5. The third-order valence-electron chi connectivity index (χ3n) is 13.2. The zero-order valence-electron chi connectivity index (χ0n) is 41.4. The van der Waals surface area contributed by atoms with Crippen LogP contribution < -0.4 is 5.32 Å². The lowest BCUT2D eigenvalue weighted by atomic mass is 10.0. The number of hydrogen-bond donors (Lipinski definition) is 3. The molecule has 364 valence electrons. The lowest BCUT2D eigenvalue weighted by Crippen LogP contribution is -2.45. The number of nitrogens with one attached hydrogen (secondary N) is 1. The minimum absolute atomic E-state index is 0.00909. The molecule has 2 atom stereocenters. The average molecular weight is 864 g/mol. The average Bonchev–Trinajstić information content (AvgIpc) is 3.26. The third kappa shape index (κ3) is 48.2. The maximum Gasteiger partial charge on any atom is 0.305 e. The van der Waals surface area contributed by atoms with Gasteiger partial charge in [-0.05, 0) is 25.7 Å². The van der Waals surface area contributed by atoms with Crippen LogP contribution in [-0.4, -0.2) is 47.4 Å². The molecular formula is C55H109NO5. The minimum Gasteiger partial charge on any atom is -0.466 e. The Balaban J connectivity index is 3.44. The molecule has 0 heterocycles. The first kappa shape index (κ1) is 59.9. The molecule has 2 unspecified atom stereocenters. The van der Waals surface area contributed by atoms with E-state index >= 15 is 0 Å². The molecule has 0 aromatic rings. The van der Waals surface area contributed by atoms with Gasteiger partial charge >= 0.3 is 5.97 Å². The van der Waals surface area contributed by atoms with Crippen LogP contribution >= 0.6 is 0 Å². The van der Waals surface area contributed by atoms with E-state index in [0.29, 0.717) is 25.9 Å². The molecule has 61 heavy (non-hydrogen) atoms. The number of carbonyl (C=O) groups excluding carboxylic acids is 2. The van der Waals surface area contributed by atoms with Gasteiger partial charge in [0.15, 0.2) is 0 Å². The van der Waals surface area contributed by atoms with Crippen LogP contribution in [0.25, 0.3) is 0 Å². The van der Waals surface area contributed by atoms with Crippen LogP contribution in [0.3, 0.4) is 0 Å². The van der Waals surface area contributed by atoms with Gasteiger partial charge in [0.25, 0.3) is 0 Å². The van der Waals surface area contributed by atoms with Crippen molar-refractivity contribution in [1.29, 1.82) is 0 Å². The minimum atomic E-state index is -0.675. The zero-order valence-corrected chi connectivity index (χ0v) is 41.4.